The third-order valence-electron chi connectivity index (χ3n) is 5.00. The molecule has 1 atom stereocenters. The van der Waals surface area contributed by atoms with Crippen LogP contribution in [0.3, 0.4) is 0 Å². The van der Waals surface area contributed by atoms with Gasteiger partial charge in [0.05, 0.1) is 5.69 Å². The zero-order valence-corrected chi connectivity index (χ0v) is 17.6. The van der Waals surface area contributed by atoms with Crippen LogP contribution in [0.5, 0.6) is 0 Å². The maximum absolute atomic E-state index is 4.95. The largest absolute Gasteiger partial charge is 0.357 e. The third-order valence-corrected chi connectivity index (χ3v) is 5.00. The van der Waals surface area contributed by atoms with Crippen molar-refractivity contribution in [2.75, 3.05) is 39.8 Å². The van der Waals surface area contributed by atoms with Gasteiger partial charge in [0.2, 0.25) is 0 Å². The van der Waals surface area contributed by atoms with Gasteiger partial charge in [-0.2, -0.15) is 5.10 Å². The Labute approximate surface area is 159 Å². The molecule has 1 aliphatic heterocycles. The second kappa shape index (κ2) is 9.95. The first-order valence-electron chi connectivity index (χ1n) is 10.2. The fourth-order valence-corrected chi connectivity index (χ4v) is 3.76. The van der Waals surface area contributed by atoms with Gasteiger partial charge in [0, 0.05) is 52.0 Å². The molecular weight excluding hydrogens is 324 g/mol. The smallest absolute Gasteiger partial charge is 0.193 e. The number of nitrogens with one attached hydrogen (secondary N) is 1. The molecule has 1 aliphatic rings. The van der Waals surface area contributed by atoms with Crippen molar-refractivity contribution in [2.24, 2.45) is 18.0 Å². The molecule has 0 radical (unpaired) electrons. The molecule has 0 aliphatic carbocycles. The zero-order chi connectivity index (χ0) is 19.1. The standard InChI is InChI=1S/C20H38N6/c1-7-10-26-11-9-17(13-26)12-22-20(21-8-2)24(5)14-18-15-25(6)23-19(18)16(3)4/h15-17H,7-14H2,1-6H3,(H,21,22). The van der Waals surface area contributed by atoms with Gasteiger partial charge in [-0.25, -0.2) is 0 Å². The van der Waals surface area contributed by atoms with E-state index in [2.05, 4.69) is 61.2 Å². The van der Waals surface area contributed by atoms with Gasteiger partial charge in [0.25, 0.3) is 0 Å². The van der Waals surface area contributed by atoms with E-state index in [0.717, 1.165) is 25.6 Å². The summed E-state index contributed by atoms with van der Waals surface area (Å²) in [5.74, 6) is 2.12. The maximum atomic E-state index is 4.95. The highest BCUT2D eigenvalue weighted by Crippen LogP contribution is 2.19. The van der Waals surface area contributed by atoms with E-state index < -0.39 is 0 Å². The molecule has 2 rings (SSSR count). The second-order valence-electron chi connectivity index (χ2n) is 7.87. The minimum Gasteiger partial charge on any atom is -0.357 e. The fourth-order valence-electron chi connectivity index (χ4n) is 3.76. The number of hydrogen-bond acceptors (Lipinski definition) is 3. The normalized spacial score (nSPS) is 18.7. The molecule has 2 heterocycles. The highest BCUT2D eigenvalue weighted by Gasteiger charge is 2.22. The van der Waals surface area contributed by atoms with Crippen LogP contribution >= 0.6 is 0 Å². The highest BCUT2D eigenvalue weighted by molar-refractivity contribution is 5.79. The molecule has 0 bridgehead atoms. The molecule has 6 nitrogen and oxygen atoms in total. The molecule has 0 amide bonds. The summed E-state index contributed by atoms with van der Waals surface area (Å²) in [6, 6.07) is 0. The van der Waals surface area contributed by atoms with Gasteiger partial charge in [-0.15, -0.1) is 0 Å². The van der Waals surface area contributed by atoms with Crippen molar-refractivity contribution in [2.45, 2.75) is 53.0 Å². The molecule has 26 heavy (non-hydrogen) atoms. The molecule has 1 unspecified atom stereocenters. The Bertz CT molecular complexity index is 577. The van der Waals surface area contributed by atoms with Crippen molar-refractivity contribution < 1.29 is 0 Å². The topological polar surface area (TPSA) is 48.7 Å². The van der Waals surface area contributed by atoms with Gasteiger partial charge in [0.15, 0.2) is 5.96 Å². The summed E-state index contributed by atoms with van der Waals surface area (Å²) in [6.07, 6.45) is 4.65. The summed E-state index contributed by atoms with van der Waals surface area (Å²) in [6.45, 7) is 15.1. The number of aryl methyl sites for hydroxylation is 1. The lowest BCUT2D eigenvalue weighted by Gasteiger charge is -2.23. The molecule has 0 spiro atoms. The van der Waals surface area contributed by atoms with E-state index >= 15 is 0 Å². The van der Waals surface area contributed by atoms with E-state index in [1.807, 2.05) is 11.7 Å². The van der Waals surface area contributed by atoms with Gasteiger partial charge < -0.3 is 15.1 Å². The molecule has 1 aromatic heterocycles. The number of aromatic nitrogens is 2. The number of hydrogen-bond donors (Lipinski definition) is 1. The molecule has 0 aromatic carbocycles. The van der Waals surface area contributed by atoms with Crippen molar-refractivity contribution in [1.82, 2.24) is 24.9 Å². The zero-order valence-electron chi connectivity index (χ0n) is 17.6. The summed E-state index contributed by atoms with van der Waals surface area (Å²) in [5, 5.41) is 8.08. The van der Waals surface area contributed by atoms with E-state index in [1.54, 1.807) is 0 Å². The quantitative estimate of drug-likeness (QED) is 0.571. The predicted octanol–water partition coefficient (Wildman–Crippen LogP) is 2.67. The number of guanidine groups is 1. The third kappa shape index (κ3) is 5.73. The molecule has 0 saturated carbocycles. The molecule has 6 heteroatoms. The molecule has 1 aromatic rings. The predicted molar refractivity (Wildman–Crippen MR) is 110 cm³/mol. The van der Waals surface area contributed by atoms with E-state index in [-0.39, 0.29) is 0 Å². The number of rotatable bonds is 8. The fraction of sp³-hybridized carbons (Fsp3) is 0.800. The number of aliphatic imine (C=N–C) groups is 1. The first-order valence-corrected chi connectivity index (χ1v) is 10.2. The molecule has 1 N–H and O–H groups in total. The van der Waals surface area contributed by atoms with Gasteiger partial charge >= 0.3 is 0 Å². The number of nitrogens with zero attached hydrogens (tertiary/aromatic N) is 5. The van der Waals surface area contributed by atoms with Crippen molar-refractivity contribution in [1.29, 1.82) is 0 Å². The van der Waals surface area contributed by atoms with Crippen molar-refractivity contribution in [3.8, 4) is 0 Å². The van der Waals surface area contributed by atoms with E-state index in [4.69, 9.17) is 4.99 Å². The van der Waals surface area contributed by atoms with Crippen LogP contribution in [0.15, 0.2) is 11.2 Å². The van der Waals surface area contributed by atoms with Crippen molar-refractivity contribution >= 4 is 5.96 Å². The Balaban J connectivity index is 1.99. The van der Waals surface area contributed by atoms with Crippen molar-refractivity contribution in [3.63, 3.8) is 0 Å². The van der Waals surface area contributed by atoms with Crippen LogP contribution in [0.25, 0.3) is 0 Å². The Morgan fingerprint density at radius 1 is 1.42 bits per heavy atom. The Hall–Kier alpha value is -1.56. The minimum atomic E-state index is 0.433. The average Bonchev–Trinajstić information content (AvgIpc) is 3.18. The molecule has 1 saturated heterocycles. The minimum absolute atomic E-state index is 0.433. The van der Waals surface area contributed by atoms with Crippen LogP contribution < -0.4 is 5.32 Å². The van der Waals surface area contributed by atoms with Crippen LogP contribution in [0.1, 0.15) is 57.7 Å². The molecule has 148 valence electrons. The Morgan fingerprint density at radius 3 is 2.85 bits per heavy atom. The maximum Gasteiger partial charge on any atom is 0.193 e. The summed E-state index contributed by atoms with van der Waals surface area (Å²) < 4.78 is 1.92. The Morgan fingerprint density at radius 2 is 2.19 bits per heavy atom. The lowest BCUT2D eigenvalue weighted by molar-refractivity contribution is 0.326. The lowest BCUT2D eigenvalue weighted by atomic mass is 10.1. The summed E-state index contributed by atoms with van der Waals surface area (Å²) in [4.78, 5) is 9.74. The van der Waals surface area contributed by atoms with Crippen LogP contribution in [0, 0.1) is 5.92 Å². The lowest BCUT2D eigenvalue weighted by Crippen LogP contribution is -2.39. The van der Waals surface area contributed by atoms with E-state index in [1.165, 1.54) is 43.7 Å². The monoisotopic (exact) mass is 362 g/mol. The molecule has 1 fully saturated rings. The number of likely N-dealkylation sites (tertiary alicyclic amines) is 1. The SMILES string of the molecule is CCCN1CCC(CN=C(NCC)N(C)Cc2cn(C)nc2C(C)C)C1. The van der Waals surface area contributed by atoms with Gasteiger partial charge in [-0.3, -0.25) is 9.67 Å². The second-order valence-corrected chi connectivity index (χ2v) is 7.87. The highest BCUT2D eigenvalue weighted by atomic mass is 15.3. The summed E-state index contributed by atoms with van der Waals surface area (Å²) in [7, 11) is 4.12. The average molecular weight is 363 g/mol. The van der Waals surface area contributed by atoms with Crippen LogP contribution in [-0.4, -0.2) is 65.3 Å². The first kappa shape index (κ1) is 20.7. The van der Waals surface area contributed by atoms with Gasteiger partial charge in [-0.1, -0.05) is 20.8 Å². The van der Waals surface area contributed by atoms with Crippen LogP contribution in [-0.2, 0) is 13.6 Å². The van der Waals surface area contributed by atoms with E-state index in [9.17, 15) is 0 Å². The van der Waals surface area contributed by atoms with Crippen LogP contribution in [0.2, 0.25) is 0 Å². The summed E-state index contributed by atoms with van der Waals surface area (Å²) in [5.41, 5.74) is 2.46. The summed E-state index contributed by atoms with van der Waals surface area (Å²) >= 11 is 0. The van der Waals surface area contributed by atoms with Gasteiger partial charge in [0.1, 0.15) is 0 Å². The van der Waals surface area contributed by atoms with E-state index in [0.29, 0.717) is 11.8 Å². The van der Waals surface area contributed by atoms with Gasteiger partial charge in [-0.05, 0) is 44.7 Å². The van der Waals surface area contributed by atoms with Crippen molar-refractivity contribution in [3.05, 3.63) is 17.5 Å². The Kier molecular flexibility index (Phi) is 7.94. The van der Waals surface area contributed by atoms with Crippen LogP contribution in [0.4, 0.5) is 0 Å². The molecular formula is C20H38N6. The first-order chi connectivity index (χ1) is 12.4.